The standard InChI is InChI=1S/C10H11O2P/c1-6-5-8(10(12)13)3-4-9(6)7(2)11/h3-5H,13H2,1-2H3. The topological polar surface area (TPSA) is 34.1 Å². The normalized spacial score (nSPS) is 9.77. The summed E-state index contributed by atoms with van der Waals surface area (Å²) in [6.45, 7) is 3.35. The van der Waals surface area contributed by atoms with E-state index in [-0.39, 0.29) is 11.3 Å². The molecular formula is C10H11O2P. The van der Waals surface area contributed by atoms with E-state index in [0.29, 0.717) is 11.1 Å². The molecule has 0 saturated heterocycles. The van der Waals surface area contributed by atoms with Crippen LogP contribution in [0.3, 0.4) is 0 Å². The minimum atomic E-state index is -0.0572. The molecule has 68 valence electrons. The molecule has 0 aliphatic carbocycles. The Morgan fingerprint density at radius 2 is 1.92 bits per heavy atom. The van der Waals surface area contributed by atoms with Crippen LogP contribution in [0.15, 0.2) is 18.2 Å². The first-order valence-electron chi connectivity index (χ1n) is 3.93. The number of rotatable bonds is 2. The fourth-order valence-electron chi connectivity index (χ4n) is 1.21. The van der Waals surface area contributed by atoms with Gasteiger partial charge in [0.05, 0.1) is 0 Å². The first-order valence-corrected chi connectivity index (χ1v) is 4.51. The highest BCUT2D eigenvalue weighted by molar-refractivity contribution is 7.41. The molecule has 3 heteroatoms. The molecule has 1 unspecified atom stereocenters. The number of aryl methyl sites for hydroxylation is 1. The average molecular weight is 194 g/mol. The van der Waals surface area contributed by atoms with Gasteiger partial charge in [-0.15, -0.1) is 0 Å². The molecule has 1 atom stereocenters. The largest absolute Gasteiger partial charge is 0.295 e. The predicted molar refractivity (Wildman–Crippen MR) is 55.2 cm³/mol. The first kappa shape index (κ1) is 10.1. The quantitative estimate of drug-likeness (QED) is 0.534. The van der Waals surface area contributed by atoms with Crippen LogP contribution in [0.1, 0.15) is 33.2 Å². The van der Waals surface area contributed by atoms with Crippen LogP contribution >= 0.6 is 9.24 Å². The number of ketones is 1. The van der Waals surface area contributed by atoms with Gasteiger partial charge in [0.15, 0.2) is 11.3 Å². The summed E-state index contributed by atoms with van der Waals surface area (Å²) < 4.78 is 0. The summed E-state index contributed by atoms with van der Waals surface area (Å²) in [5, 5.41) is 0. The Kier molecular flexibility index (Phi) is 2.94. The van der Waals surface area contributed by atoms with Gasteiger partial charge in [-0.25, -0.2) is 0 Å². The second kappa shape index (κ2) is 3.80. The van der Waals surface area contributed by atoms with Crippen molar-refractivity contribution in [3.63, 3.8) is 0 Å². The molecule has 1 aromatic carbocycles. The smallest absolute Gasteiger partial charge is 0.178 e. The molecule has 0 heterocycles. The van der Waals surface area contributed by atoms with Gasteiger partial charge in [-0.1, -0.05) is 21.4 Å². The van der Waals surface area contributed by atoms with E-state index in [1.54, 1.807) is 18.2 Å². The third-order valence-electron chi connectivity index (χ3n) is 1.89. The summed E-state index contributed by atoms with van der Waals surface area (Å²) >= 11 is 0. The summed E-state index contributed by atoms with van der Waals surface area (Å²) in [4.78, 5) is 22.0. The maximum absolute atomic E-state index is 11.1. The van der Waals surface area contributed by atoms with Crippen molar-refractivity contribution in [1.82, 2.24) is 0 Å². The Hall–Kier alpha value is -1.01. The van der Waals surface area contributed by atoms with E-state index in [0.717, 1.165) is 5.56 Å². The Morgan fingerprint density at radius 3 is 2.31 bits per heavy atom. The fourth-order valence-corrected chi connectivity index (χ4v) is 1.39. The van der Waals surface area contributed by atoms with Gasteiger partial charge in [0.1, 0.15) is 0 Å². The summed E-state index contributed by atoms with van der Waals surface area (Å²) in [5.41, 5.74) is 2.08. The molecular weight excluding hydrogens is 183 g/mol. The second-order valence-electron chi connectivity index (χ2n) is 2.95. The van der Waals surface area contributed by atoms with Crippen LogP contribution in [-0.2, 0) is 0 Å². The monoisotopic (exact) mass is 194 g/mol. The number of hydrogen-bond donors (Lipinski definition) is 0. The number of carbonyl (C=O) groups is 2. The molecule has 0 aliphatic heterocycles. The summed E-state index contributed by atoms with van der Waals surface area (Å²) in [6, 6.07) is 5.08. The lowest BCUT2D eigenvalue weighted by molar-refractivity contribution is 0.101. The third-order valence-corrected chi connectivity index (χ3v) is 2.22. The van der Waals surface area contributed by atoms with Gasteiger partial charge in [-0.3, -0.25) is 9.59 Å². The van der Waals surface area contributed by atoms with Crippen molar-refractivity contribution in [2.45, 2.75) is 13.8 Å². The third kappa shape index (κ3) is 2.22. The zero-order valence-electron chi connectivity index (χ0n) is 7.63. The Bertz CT molecular complexity index is 369. The minimum absolute atomic E-state index is 0.0280. The maximum Gasteiger partial charge on any atom is 0.178 e. The van der Waals surface area contributed by atoms with E-state index in [1.807, 2.05) is 6.92 Å². The van der Waals surface area contributed by atoms with E-state index in [1.165, 1.54) is 6.92 Å². The van der Waals surface area contributed by atoms with Crippen LogP contribution in [0.4, 0.5) is 0 Å². The highest BCUT2D eigenvalue weighted by atomic mass is 31.0. The molecule has 1 rings (SSSR count). The Balaban J connectivity index is 3.20. The lowest BCUT2D eigenvalue weighted by Gasteiger charge is -2.02. The van der Waals surface area contributed by atoms with Crippen LogP contribution in [-0.4, -0.2) is 11.3 Å². The van der Waals surface area contributed by atoms with Crippen LogP contribution in [0, 0.1) is 6.92 Å². The molecule has 0 amide bonds. The molecule has 0 bridgehead atoms. The molecule has 0 fully saturated rings. The lowest BCUT2D eigenvalue weighted by atomic mass is 10.0. The predicted octanol–water partition coefficient (Wildman–Crippen LogP) is 2.21. The Labute approximate surface area is 79.5 Å². The van der Waals surface area contributed by atoms with E-state index in [2.05, 4.69) is 9.24 Å². The van der Waals surface area contributed by atoms with Crippen molar-refractivity contribution in [3.8, 4) is 0 Å². The number of benzene rings is 1. The van der Waals surface area contributed by atoms with Crippen LogP contribution in [0.5, 0.6) is 0 Å². The van der Waals surface area contributed by atoms with Gasteiger partial charge in [-0.05, 0) is 25.5 Å². The highest BCUT2D eigenvalue weighted by Gasteiger charge is 2.06. The van der Waals surface area contributed by atoms with Crippen molar-refractivity contribution in [3.05, 3.63) is 34.9 Å². The molecule has 0 radical (unpaired) electrons. The number of hydrogen-bond acceptors (Lipinski definition) is 2. The maximum atomic E-state index is 11.1. The minimum Gasteiger partial charge on any atom is -0.295 e. The van der Waals surface area contributed by atoms with E-state index in [4.69, 9.17) is 0 Å². The molecule has 0 aliphatic rings. The van der Waals surface area contributed by atoms with E-state index in [9.17, 15) is 9.59 Å². The van der Waals surface area contributed by atoms with Gasteiger partial charge in [-0.2, -0.15) is 0 Å². The Morgan fingerprint density at radius 1 is 1.31 bits per heavy atom. The summed E-state index contributed by atoms with van der Waals surface area (Å²) in [5.74, 6) is 0.0280. The molecule has 2 nitrogen and oxygen atoms in total. The summed E-state index contributed by atoms with van der Waals surface area (Å²) in [6.07, 6.45) is 0. The number of Topliss-reactive ketones (excluding diaryl/α,β-unsaturated/α-hetero) is 1. The van der Waals surface area contributed by atoms with Crippen molar-refractivity contribution in [1.29, 1.82) is 0 Å². The van der Waals surface area contributed by atoms with Gasteiger partial charge in [0, 0.05) is 11.1 Å². The zero-order valence-corrected chi connectivity index (χ0v) is 8.78. The van der Waals surface area contributed by atoms with Crippen molar-refractivity contribution < 1.29 is 9.59 Å². The van der Waals surface area contributed by atoms with Crippen LogP contribution < -0.4 is 0 Å². The van der Waals surface area contributed by atoms with Gasteiger partial charge in [0.2, 0.25) is 0 Å². The SMILES string of the molecule is CC(=O)c1ccc(C(=O)P)cc1C. The van der Waals surface area contributed by atoms with Gasteiger partial charge in [0.25, 0.3) is 0 Å². The van der Waals surface area contributed by atoms with Gasteiger partial charge < -0.3 is 0 Å². The van der Waals surface area contributed by atoms with Crippen LogP contribution in [0.2, 0.25) is 0 Å². The molecule has 0 aromatic heterocycles. The molecule has 13 heavy (non-hydrogen) atoms. The molecule has 0 N–H and O–H groups in total. The molecule has 0 saturated carbocycles. The number of carbonyl (C=O) groups excluding carboxylic acids is 2. The zero-order chi connectivity index (χ0) is 10.0. The lowest BCUT2D eigenvalue weighted by Crippen LogP contribution is -1.98. The average Bonchev–Trinajstić information content (AvgIpc) is 2.03. The van der Waals surface area contributed by atoms with E-state index >= 15 is 0 Å². The summed E-state index contributed by atoms with van der Waals surface area (Å²) in [7, 11) is 2.11. The molecule has 0 spiro atoms. The van der Waals surface area contributed by atoms with E-state index < -0.39 is 0 Å². The fraction of sp³-hybridized carbons (Fsp3) is 0.200. The van der Waals surface area contributed by atoms with Crippen molar-refractivity contribution >= 4 is 20.5 Å². The second-order valence-corrected chi connectivity index (χ2v) is 3.47. The van der Waals surface area contributed by atoms with Crippen molar-refractivity contribution in [2.24, 2.45) is 0 Å². The highest BCUT2D eigenvalue weighted by Crippen LogP contribution is 2.13. The van der Waals surface area contributed by atoms with Gasteiger partial charge >= 0.3 is 0 Å². The van der Waals surface area contributed by atoms with Crippen LogP contribution in [0.25, 0.3) is 0 Å². The molecule has 1 aromatic rings. The first-order chi connectivity index (χ1) is 6.02. The van der Waals surface area contributed by atoms with Crippen molar-refractivity contribution in [2.75, 3.05) is 0 Å².